The van der Waals surface area contributed by atoms with E-state index in [-0.39, 0.29) is 0 Å². The van der Waals surface area contributed by atoms with Crippen LogP contribution in [0.4, 0.5) is 0 Å². The van der Waals surface area contributed by atoms with Gasteiger partial charge in [-0.05, 0) is 215 Å². The summed E-state index contributed by atoms with van der Waals surface area (Å²) in [6.45, 7) is 53.4. The van der Waals surface area contributed by atoms with Crippen molar-refractivity contribution >= 4 is 0 Å². The Morgan fingerprint density at radius 2 is 0.899 bits per heavy atom. The maximum Gasteiger partial charge on any atom is -0.0234 e. The molecule has 0 aromatic rings. The van der Waals surface area contributed by atoms with Gasteiger partial charge in [0.2, 0.25) is 0 Å². The van der Waals surface area contributed by atoms with Crippen LogP contribution < -0.4 is 0 Å². The largest absolute Gasteiger partial charge is 0.100 e. The van der Waals surface area contributed by atoms with Crippen LogP contribution in [-0.4, -0.2) is 0 Å². The molecule has 1 unspecified atom stereocenters. The molecule has 0 aromatic heterocycles. The van der Waals surface area contributed by atoms with Gasteiger partial charge in [0.1, 0.15) is 0 Å². The van der Waals surface area contributed by atoms with E-state index < -0.39 is 0 Å². The van der Waals surface area contributed by atoms with E-state index in [4.69, 9.17) is 0 Å². The Balaban J connectivity index is 0.00000261. The first-order chi connectivity index (χ1) is 32.8. The first kappa shape index (κ1) is 67.2. The summed E-state index contributed by atoms with van der Waals surface area (Å²) in [6, 6.07) is 0. The fraction of sp³-hybridized carbons (Fsp3) is 0.797. The van der Waals surface area contributed by atoms with Gasteiger partial charge in [-0.2, -0.15) is 0 Å². The van der Waals surface area contributed by atoms with Gasteiger partial charge >= 0.3 is 0 Å². The van der Waals surface area contributed by atoms with Gasteiger partial charge < -0.3 is 0 Å². The minimum atomic E-state index is 0.503. The molecule has 2 aliphatic carbocycles. The molecular formula is C69H126. The van der Waals surface area contributed by atoms with Gasteiger partial charge in [0, 0.05) is 0 Å². The van der Waals surface area contributed by atoms with E-state index in [9.17, 15) is 0 Å². The van der Waals surface area contributed by atoms with E-state index >= 15 is 0 Å². The highest BCUT2D eigenvalue weighted by molar-refractivity contribution is 4.99. The number of hydrogen-bond acceptors (Lipinski definition) is 0. The molecule has 0 radical (unpaired) electrons. The van der Waals surface area contributed by atoms with Crippen LogP contribution in [0.25, 0.3) is 0 Å². The number of allylic oxidation sites excluding steroid dienone is 8. The molecule has 69 heavy (non-hydrogen) atoms. The van der Waals surface area contributed by atoms with Crippen LogP contribution >= 0.6 is 0 Å². The highest BCUT2D eigenvalue weighted by Crippen LogP contribution is 2.47. The SMILES string of the molecule is C=C(C)C.C=C(C)C[C@H]1[C@H](CCCCCC(=C)CCCCCC(=C)CCCCC(C)(CC)CCCCC(=C)CCCCCC(=C)CCCCC)C[C@H](CC)[C@H](C)[C@@H]1C.CC[C@H]1CCC=C[C@@H](C)[C@H]1C. The molecule has 2 rings (SSSR count). The van der Waals surface area contributed by atoms with Crippen molar-refractivity contribution in [2.24, 2.45) is 52.8 Å². The predicted molar refractivity (Wildman–Crippen MR) is 319 cm³/mol. The van der Waals surface area contributed by atoms with Crippen LogP contribution in [0, 0.1) is 52.8 Å². The predicted octanol–water partition coefficient (Wildman–Crippen LogP) is 24.3. The average molecular weight is 956 g/mol. The Kier molecular flexibility index (Phi) is 40.5. The van der Waals surface area contributed by atoms with Crippen molar-refractivity contribution in [3.8, 4) is 0 Å². The molecule has 2 aliphatic rings. The van der Waals surface area contributed by atoms with Gasteiger partial charge in [0.05, 0.1) is 0 Å². The Morgan fingerprint density at radius 1 is 0.493 bits per heavy atom. The van der Waals surface area contributed by atoms with Gasteiger partial charge in [0.15, 0.2) is 0 Å². The zero-order valence-electron chi connectivity index (χ0n) is 49.6. The zero-order chi connectivity index (χ0) is 52.0. The fourth-order valence-corrected chi connectivity index (χ4v) is 12.0. The molecule has 0 heteroatoms. The molecule has 0 saturated heterocycles. The second kappa shape index (κ2) is 41.6. The Bertz CT molecular complexity index is 1380. The summed E-state index contributed by atoms with van der Waals surface area (Å²) in [5.41, 5.74) is 8.99. The minimum absolute atomic E-state index is 0.503. The standard InChI is InChI=1S/C54H98.C11H20.C4H8/c1-13-16-20-31-45(6)32-21-17-23-34-47(8)37-27-29-40-54(12,15-3)41-30-28-38-48(9)35-24-18-22-33-46(7)36-25-19-26-39-52-43-51(14-2)49(10)50(11)53(52)42-44(4)5;1-4-11-8-6-5-7-9(2)10(11)3;1-4(2)3/h49-53H,4,6-9,13-43H2,1-3,5,10-12H3;5,7,9-11H,4,6,8H2,1-3H3;1H2,2-3H3/t49-,50+,51+,52-,53-,54?;9-,10-,11+;/m11./s1. The quantitative estimate of drug-likeness (QED) is 0.0430. The van der Waals surface area contributed by atoms with Crippen LogP contribution in [0.5, 0.6) is 0 Å². The summed E-state index contributed by atoms with van der Waals surface area (Å²) in [7, 11) is 0. The molecule has 0 amide bonds. The van der Waals surface area contributed by atoms with Gasteiger partial charge in [0.25, 0.3) is 0 Å². The Morgan fingerprint density at radius 3 is 1.29 bits per heavy atom. The molecule has 0 heterocycles. The molecule has 9 atom stereocenters. The van der Waals surface area contributed by atoms with Gasteiger partial charge in [-0.3, -0.25) is 0 Å². The van der Waals surface area contributed by atoms with Gasteiger partial charge in [-0.25, -0.2) is 0 Å². The lowest BCUT2D eigenvalue weighted by Gasteiger charge is -2.45. The Labute approximate surface area is 437 Å². The van der Waals surface area contributed by atoms with Crippen molar-refractivity contribution in [2.45, 2.75) is 301 Å². The molecule has 0 spiro atoms. The third kappa shape index (κ3) is 34.3. The maximum absolute atomic E-state index is 4.46. The molecule has 0 bridgehead atoms. The van der Waals surface area contributed by atoms with E-state index in [1.807, 2.05) is 13.8 Å². The van der Waals surface area contributed by atoms with Crippen LogP contribution in [0.1, 0.15) is 301 Å². The molecule has 0 aromatic carbocycles. The third-order valence-electron chi connectivity index (χ3n) is 17.6. The van der Waals surface area contributed by atoms with Crippen LogP contribution in [0.2, 0.25) is 0 Å². The van der Waals surface area contributed by atoms with Crippen LogP contribution in [0.15, 0.2) is 85.1 Å². The summed E-state index contributed by atoms with van der Waals surface area (Å²) in [5.74, 6) is 7.01. The fourth-order valence-electron chi connectivity index (χ4n) is 12.0. The Hall–Kier alpha value is -1.82. The normalized spacial score (nSPS) is 23.1. The molecule has 0 aliphatic heterocycles. The lowest BCUT2D eigenvalue weighted by Crippen LogP contribution is -2.37. The lowest BCUT2D eigenvalue weighted by atomic mass is 9.60. The summed E-state index contributed by atoms with van der Waals surface area (Å²) >= 11 is 0. The molecule has 0 nitrogen and oxygen atoms in total. The minimum Gasteiger partial charge on any atom is -0.100 e. The first-order valence-corrected chi connectivity index (χ1v) is 30.4. The second-order valence-corrected chi connectivity index (χ2v) is 24.6. The van der Waals surface area contributed by atoms with E-state index in [1.54, 1.807) is 0 Å². The zero-order valence-corrected chi connectivity index (χ0v) is 49.6. The summed E-state index contributed by atoms with van der Waals surface area (Å²) in [6.07, 6.45) is 49.5. The van der Waals surface area contributed by atoms with Crippen LogP contribution in [-0.2, 0) is 0 Å². The number of unbranched alkanes of at least 4 members (excludes halogenated alkanes) is 10. The summed E-state index contributed by atoms with van der Waals surface area (Å²) in [5, 5.41) is 0. The molecular weight excluding hydrogens is 829 g/mol. The third-order valence-corrected chi connectivity index (χ3v) is 17.6. The van der Waals surface area contributed by atoms with E-state index in [1.165, 1.54) is 252 Å². The smallest absolute Gasteiger partial charge is 0.0234 e. The number of rotatable bonds is 37. The topological polar surface area (TPSA) is 0 Å². The van der Waals surface area contributed by atoms with Gasteiger partial charge in [-0.1, -0.05) is 211 Å². The molecule has 0 N–H and O–H groups in total. The van der Waals surface area contributed by atoms with Crippen molar-refractivity contribution in [1.82, 2.24) is 0 Å². The average Bonchev–Trinajstić information content (AvgIpc) is 3.47. The van der Waals surface area contributed by atoms with E-state index in [0.717, 1.165) is 47.3 Å². The lowest BCUT2D eigenvalue weighted by molar-refractivity contribution is 0.0482. The van der Waals surface area contributed by atoms with Crippen molar-refractivity contribution in [1.29, 1.82) is 0 Å². The van der Waals surface area contributed by atoms with Gasteiger partial charge in [-0.15, -0.1) is 13.2 Å². The monoisotopic (exact) mass is 955 g/mol. The second-order valence-electron chi connectivity index (χ2n) is 24.6. The maximum atomic E-state index is 4.46. The van der Waals surface area contributed by atoms with E-state index in [2.05, 4.69) is 121 Å². The van der Waals surface area contributed by atoms with Crippen molar-refractivity contribution in [3.63, 3.8) is 0 Å². The summed E-state index contributed by atoms with van der Waals surface area (Å²) < 4.78 is 0. The van der Waals surface area contributed by atoms with Crippen molar-refractivity contribution in [2.75, 3.05) is 0 Å². The highest BCUT2D eigenvalue weighted by atomic mass is 14.4. The number of hydrogen-bond donors (Lipinski definition) is 0. The van der Waals surface area contributed by atoms with E-state index in [0.29, 0.717) is 5.41 Å². The van der Waals surface area contributed by atoms with Crippen molar-refractivity contribution in [3.05, 3.63) is 85.1 Å². The molecule has 1 fully saturated rings. The van der Waals surface area contributed by atoms with Crippen molar-refractivity contribution < 1.29 is 0 Å². The molecule has 1 saturated carbocycles. The molecule has 402 valence electrons. The first-order valence-electron chi connectivity index (χ1n) is 30.4. The summed E-state index contributed by atoms with van der Waals surface area (Å²) in [4.78, 5) is 0. The van der Waals surface area contributed by atoms with Crippen LogP contribution in [0.3, 0.4) is 0 Å². The highest BCUT2D eigenvalue weighted by Gasteiger charge is 2.39.